The highest BCUT2D eigenvalue weighted by molar-refractivity contribution is 5.45. The van der Waals surface area contributed by atoms with Gasteiger partial charge in [0.05, 0.1) is 6.54 Å². The van der Waals surface area contributed by atoms with E-state index in [0.717, 1.165) is 12.2 Å². The van der Waals surface area contributed by atoms with E-state index in [9.17, 15) is 4.79 Å². The SMILES string of the molecule is O=CNCCn1ccc2nccn21. The second-order valence-electron chi connectivity index (χ2n) is 2.68. The van der Waals surface area contributed by atoms with Crippen LogP contribution >= 0.6 is 0 Å². The van der Waals surface area contributed by atoms with Crippen LogP contribution in [-0.4, -0.2) is 27.1 Å². The maximum absolute atomic E-state index is 10.0. The van der Waals surface area contributed by atoms with Gasteiger partial charge in [0.1, 0.15) is 0 Å². The molecule has 0 aliphatic heterocycles. The van der Waals surface area contributed by atoms with Gasteiger partial charge < -0.3 is 5.32 Å². The molecule has 0 bridgehead atoms. The van der Waals surface area contributed by atoms with Gasteiger partial charge in [-0.05, 0) is 0 Å². The fourth-order valence-electron chi connectivity index (χ4n) is 1.29. The van der Waals surface area contributed by atoms with Crippen molar-refractivity contribution in [2.24, 2.45) is 0 Å². The maximum atomic E-state index is 10.0. The van der Waals surface area contributed by atoms with E-state index < -0.39 is 0 Å². The van der Waals surface area contributed by atoms with Crippen molar-refractivity contribution >= 4 is 12.1 Å². The van der Waals surface area contributed by atoms with E-state index in [1.165, 1.54) is 0 Å². The molecule has 5 heteroatoms. The van der Waals surface area contributed by atoms with Crippen LogP contribution in [0.2, 0.25) is 0 Å². The molecule has 0 spiro atoms. The van der Waals surface area contributed by atoms with Gasteiger partial charge in [0.2, 0.25) is 6.41 Å². The van der Waals surface area contributed by atoms with E-state index in [-0.39, 0.29) is 0 Å². The molecule has 5 nitrogen and oxygen atoms in total. The van der Waals surface area contributed by atoms with Gasteiger partial charge in [-0.2, -0.15) is 0 Å². The third-order valence-electron chi connectivity index (χ3n) is 1.89. The number of nitrogens with one attached hydrogen (secondary N) is 1. The van der Waals surface area contributed by atoms with Crippen LogP contribution in [-0.2, 0) is 11.3 Å². The Hall–Kier alpha value is -1.78. The number of fused-ring (bicyclic) bond motifs is 1. The van der Waals surface area contributed by atoms with Crippen molar-refractivity contribution in [3.8, 4) is 0 Å². The summed E-state index contributed by atoms with van der Waals surface area (Å²) in [5, 5.41) is 2.61. The molecule has 0 atom stereocenters. The third kappa shape index (κ3) is 1.40. The smallest absolute Gasteiger partial charge is 0.207 e. The Morgan fingerprint density at radius 3 is 3.31 bits per heavy atom. The Labute approximate surface area is 75.0 Å². The molecule has 0 saturated carbocycles. The fourth-order valence-corrected chi connectivity index (χ4v) is 1.29. The van der Waals surface area contributed by atoms with Gasteiger partial charge in [0.15, 0.2) is 5.65 Å². The summed E-state index contributed by atoms with van der Waals surface area (Å²) < 4.78 is 3.92. The Kier molecular flexibility index (Phi) is 1.99. The zero-order chi connectivity index (χ0) is 9.10. The predicted octanol–water partition coefficient (Wildman–Crippen LogP) is -0.118. The van der Waals surface area contributed by atoms with Gasteiger partial charge in [0.25, 0.3) is 0 Å². The van der Waals surface area contributed by atoms with Gasteiger partial charge in [-0.15, -0.1) is 0 Å². The second-order valence-corrected chi connectivity index (χ2v) is 2.68. The van der Waals surface area contributed by atoms with E-state index >= 15 is 0 Å². The highest BCUT2D eigenvalue weighted by atomic mass is 16.1. The number of carbonyl (C=O) groups is 1. The first-order valence-electron chi connectivity index (χ1n) is 4.07. The molecular formula is C8H10N4O. The Bertz CT molecular complexity index is 403. The number of carbonyl (C=O) groups excluding carboxylic acids is 1. The molecule has 0 unspecified atom stereocenters. The Balaban J connectivity index is 2.13. The quantitative estimate of drug-likeness (QED) is 0.524. The molecule has 0 saturated heterocycles. The highest BCUT2D eigenvalue weighted by Gasteiger charge is 1.98. The molecular weight excluding hydrogens is 168 g/mol. The van der Waals surface area contributed by atoms with E-state index in [0.29, 0.717) is 13.0 Å². The zero-order valence-electron chi connectivity index (χ0n) is 7.05. The lowest BCUT2D eigenvalue weighted by molar-refractivity contribution is -0.109. The topological polar surface area (TPSA) is 51.3 Å². The summed E-state index contributed by atoms with van der Waals surface area (Å²) in [5.41, 5.74) is 0.922. The zero-order valence-corrected chi connectivity index (χ0v) is 7.05. The summed E-state index contributed by atoms with van der Waals surface area (Å²) in [6.45, 7) is 1.38. The van der Waals surface area contributed by atoms with Crippen molar-refractivity contribution in [3.05, 3.63) is 24.7 Å². The normalized spacial score (nSPS) is 10.5. The van der Waals surface area contributed by atoms with Crippen molar-refractivity contribution < 1.29 is 4.79 Å². The van der Waals surface area contributed by atoms with Gasteiger partial charge in [-0.1, -0.05) is 0 Å². The van der Waals surface area contributed by atoms with Crippen molar-refractivity contribution in [3.63, 3.8) is 0 Å². The summed E-state index contributed by atoms with van der Waals surface area (Å²) in [4.78, 5) is 14.1. The summed E-state index contributed by atoms with van der Waals surface area (Å²) >= 11 is 0. The monoisotopic (exact) mass is 178 g/mol. The number of hydrogen-bond donors (Lipinski definition) is 1. The van der Waals surface area contributed by atoms with Crippen LogP contribution in [0.15, 0.2) is 24.7 Å². The first-order valence-corrected chi connectivity index (χ1v) is 4.07. The lowest BCUT2D eigenvalue weighted by Gasteiger charge is -2.03. The largest absolute Gasteiger partial charge is 0.357 e. The number of aromatic nitrogens is 3. The predicted molar refractivity (Wildman–Crippen MR) is 47.2 cm³/mol. The van der Waals surface area contributed by atoms with E-state index in [2.05, 4.69) is 10.3 Å². The van der Waals surface area contributed by atoms with E-state index in [1.807, 2.05) is 27.7 Å². The van der Waals surface area contributed by atoms with Crippen molar-refractivity contribution in [2.75, 3.05) is 6.54 Å². The maximum Gasteiger partial charge on any atom is 0.207 e. The first kappa shape index (κ1) is 7.85. The average Bonchev–Trinajstić information content (AvgIpc) is 2.68. The van der Waals surface area contributed by atoms with Crippen LogP contribution < -0.4 is 5.32 Å². The van der Waals surface area contributed by atoms with E-state index in [1.54, 1.807) is 6.20 Å². The standard InChI is InChI=1S/C8H10N4O/c13-7-9-2-5-11-4-1-8-10-3-6-12(8)11/h1,3-4,6-7H,2,5H2,(H,9,13). The first-order chi connectivity index (χ1) is 6.42. The number of hydrogen-bond acceptors (Lipinski definition) is 2. The van der Waals surface area contributed by atoms with E-state index in [4.69, 9.17) is 0 Å². The number of nitrogens with zero attached hydrogens (tertiary/aromatic N) is 3. The lowest BCUT2D eigenvalue weighted by Crippen LogP contribution is -2.19. The van der Waals surface area contributed by atoms with Crippen molar-refractivity contribution in [1.29, 1.82) is 0 Å². The molecule has 2 heterocycles. The summed E-state index contributed by atoms with van der Waals surface area (Å²) in [5.74, 6) is 0. The Morgan fingerprint density at radius 1 is 1.54 bits per heavy atom. The number of amides is 1. The number of rotatable bonds is 4. The van der Waals surface area contributed by atoms with Gasteiger partial charge in [-0.25, -0.2) is 9.50 Å². The molecule has 0 aliphatic rings. The lowest BCUT2D eigenvalue weighted by atomic mass is 10.6. The molecule has 0 radical (unpaired) electrons. The second kappa shape index (κ2) is 3.30. The minimum atomic E-state index is 0.630. The van der Waals surface area contributed by atoms with Crippen LogP contribution in [0, 0.1) is 0 Å². The molecule has 2 aromatic rings. The van der Waals surface area contributed by atoms with Crippen molar-refractivity contribution in [2.45, 2.75) is 6.54 Å². The average molecular weight is 178 g/mol. The van der Waals surface area contributed by atoms with Gasteiger partial charge >= 0.3 is 0 Å². The fraction of sp³-hybridized carbons (Fsp3) is 0.250. The molecule has 68 valence electrons. The van der Waals surface area contributed by atoms with Gasteiger partial charge in [0, 0.05) is 31.2 Å². The minimum absolute atomic E-state index is 0.630. The van der Waals surface area contributed by atoms with Crippen LogP contribution in [0.3, 0.4) is 0 Å². The van der Waals surface area contributed by atoms with Crippen LogP contribution in [0.1, 0.15) is 0 Å². The van der Waals surface area contributed by atoms with Crippen LogP contribution in [0.5, 0.6) is 0 Å². The molecule has 2 rings (SSSR count). The van der Waals surface area contributed by atoms with Gasteiger partial charge in [-0.3, -0.25) is 9.48 Å². The van der Waals surface area contributed by atoms with Crippen LogP contribution in [0.25, 0.3) is 5.65 Å². The molecule has 2 aromatic heterocycles. The molecule has 13 heavy (non-hydrogen) atoms. The molecule has 0 aromatic carbocycles. The summed E-state index contributed by atoms with van der Waals surface area (Å²) in [6, 6.07) is 1.93. The highest BCUT2D eigenvalue weighted by Crippen LogP contribution is 2.00. The molecule has 0 aliphatic carbocycles. The molecule has 0 fully saturated rings. The summed E-state index contributed by atoms with van der Waals surface area (Å²) in [6.07, 6.45) is 6.28. The summed E-state index contributed by atoms with van der Waals surface area (Å²) in [7, 11) is 0. The minimum Gasteiger partial charge on any atom is -0.357 e. The number of imidazole rings is 1. The molecule has 1 N–H and O–H groups in total. The third-order valence-corrected chi connectivity index (χ3v) is 1.89. The Morgan fingerprint density at radius 2 is 2.46 bits per heavy atom. The van der Waals surface area contributed by atoms with Crippen molar-refractivity contribution in [1.82, 2.24) is 19.5 Å². The molecule has 1 amide bonds. The van der Waals surface area contributed by atoms with Crippen LogP contribution in [0.4, 0.5) is 0 Å².